The molecule has 0 saturated heterocycles. The van der Waals surface area contributed by atoms with Gasteiger partial charge in [-0.1, -0.05) is 32.0 Å². The highest BCUT2D eigenvalue weighted by Gasteiger charge is 2.22. The van der Waals surface area contributed by atoms with Crippen molar-refractivity contribution in [3.05, 3.63) is 34.9 Å². The van der Waals surface area contributed by atoms with Crippen molar-refractivity contribution < 1.29 is 5.11 Å². The van der Waals surface area contributed by atoms with Crippen LogP contribution in [0.5, 0.6) is 0 Å². The zero-order chi connectivity index (χ0) is 10.1. The Labute approximate surface area is 80.4 Å². The third-order valence-corrected chi connectivity index (χ3v) is 2.55. The van der Waals surface area contributed by atoms with Crippen molar-refractivity contribution in [2.24, 2.45) is 0 Å². The first-order valence-corrected chi connectivity index (χ1v) is 4.66. The molecule has 1 heteroatoms. The highest BCUT2D eigenvalue weighted by molar-refractivity contribution is 5.39. The summed E-state index contributed by atoms with van der Waals surface area (Å²) in [5.41, 5.74) is 3.67. The Bertz CT molecular complexity index is 280. The maximum absolute atomic E-state index is 9.30. The van der Waals surface area contributed by atoms with Crippen molar-refractivity contribution >= 4 is 0 Å². The van der Waals surface area contributed by atoms with Gasteiger partial charge in [0.25, 0.3) is 0 Å². The van der Waals surface area contributed by atoms with Gasteiger partial charge in [0.15, 0.2) is 0 Å². The molecule has 1 aromatic rings. The third-order valence-electron chi connectivity index (χ3n) is 2.55. The minimum absolute atomic E-state index is 0.130. The van der Waals surface area contributed by atoms with Crippen molar-refractivity contribution in [2.75, 3.05) is 6.61 Å². The summed E-state index contributed by atoms with van der Waals surface area (Å²) in [6, 6.07) is 6.25. The van der Waals surface area contributed by atoms with Gasteiger partial charge >= 0.3 is 0 Å². The van der Waals surface area contributed by atoms with Crippen molar-refractivity contribution in [1.29, 1.82) is 0 Å². The second kappa shape index (κ2) is 3.51. The zero-order valence-corrected chi connectivity index (χ0v) is 8.89. The number of hydrogen-bond donors (Lipinski definition) is 1. The van der Waals surface area contributed by atoms with E-state index in [1.165, 1.54) is 16.7 Å². The molecule has 0 aliphatic heterocycles. The molecule has 13 heavy (non-hydrogen) atoms. The summed E-state index contributed by atoms with van der Waals surface area (Å²) in [5.74, 6) is 0. The van der Waals surface area contributed by atoms with Gasteiger partial charge in [-0.15, -0.1) is 0 Å². The number of aliphatic hydroxyl groups is 1. The molecular formula is C12H18O. The molecule has 1 N–H and O–H groups in total. The molecule has 72 valence electrons. The molecule has 0 saturated carbocycles. The van der Waals surface area contributed by atoms with Crippen LogP contribution in [0.4, 0.5) is 0 Å². The van der Waals surface area contributed by atoms with Gasteiger partial charge in [-0.3, -0.25) is 0 Å². The monoisotopic (exact) mass is 178 g/mol. The van der Waals surface area contributed by atoms with Crippen LogP contribution in [0, 0.1) is 13.8 Å². The average Bonchev–Trinajstić information content (AvgIpc) is 2.03. The van der Waals surface area contributed by atoms with Crippen LogP contribution in [0.1, 0.15) is 30.5 Å². The quantitative estimate of drug-likeness (QED) is 0.738. The van der Waals surface area contributed by atoms with Gasteiger partial charge in [0.1, 0.15) is 0 Å². The predicted octanol–water partition coefficient (Wildman–Crippen LogP) is 2.57. The number of aryl methyl sites for hydroxylation is 2. The second-order valence-corrected chi connectivity index (χ2v) is 4.31. The first-order chi connectivity index (χ1) is 5.99. The molecule has 0 aromatic heterocycles. The van der Waals surface area contributed by atoms with E-state index in [1.54, 1.807) is 0 Å². The lowest BCUT2D eigenvalue weighted by atomic mass is 9.80. The van der Waals surface area contributed by atoms with E-state index in [4.69, 9.17) is 0 Å². The van der Waals surface area contributed by atoms with Crippen LogP contribution < -0.4 is 0 Å². The molecule has 0 aliphatic carbocycles. The lowest BCUT2D eigenvalue weighted by molar-refractivity contribution is 0.217. The van der Waals surface area contributed by atoms with Gasteiger partial charge in [0.05, 0.1) is 6.61 Å². The number of rotatable bonds is 2. The molecule has 0 unspecified atom stereocenters. The molecular weight excluding hydrogens is 160 g/mol. The Balaban J connectivity index is 3.28. The Morgan fingerprint density at radius 1 is 1.15 bits per heavy atom. The second-order valence-electron chi connectivity index (χ2n) is 4.31. The Morgan fingerprint density at radius 3 is 2.00 bits per heavy atom. The maximum atomic E-state index is 9.30. The normalized spacial score (nSPS) is 11.8. The van der Waals surface area contributed by atoms with Gasteiger partial charge in [0.2, 0.25) is 0 Å². The fraction of sp³-hybridized carbons (Fsp3) is 0.500. The predicted molar refractivity (Wildman–Crippen MR) is 56.0 cm³/mol. The van der Waals surface area contributed by atoms with E-state index in [9.17, 15) is 5.11 Å². The van der Waals surface area contributed by atoms with Gasteiger partial charge in [-0.2, -0.15) is 0 Å². The molecule has 0 bridgehead atoms. The molecule has 1 aromatic carbocycles. The molecule has 1 nitrogen and oxygen atoms in total. The van der Waals surface area contributed by atoms with Crippen molar-refractivity contribution in [3.8, 4) is 0 Å². The average molecular weight is 178 g/mol. The Morgan fingerprint density at radius 2 is 1.62 bits per heavy atom. The summed E-state index contributed by atoms with van der Waals surface area (Å²) in [7, 11) is 0. The standard InChI is InChI=1S/C12H18O/c1-9-6-5-7-10(2)11(9)12(3,4)8-13/h5-7,13H,8H2,1-4H3. The van der Waals surface area contributed by atoms with Crippen LogP contribution in [0.2, 0.25) is 0 Å². The van der Waals surface area contributed by atoms with Gasteiger partial charge < -0.3 is 5.11 Å². The number of benzene rings is 1. The Kier molecular flexibility index (Phi) is 2.77. The highest BCUT2D eigenvalue weighted by atomic mass is 16.3. The number of aliphatic hydroxyl groups excluding tert-OH is 1. The lowest BCUT2D eigenvalue weighted by Gasteiger charge is -2.26. The fourth-order valence-electron chi connectivity index (χ4n) is 1.96. The van der Waals surface area contributed by atoms with Crippen LogP contribution in [0.3, 0.4) is 0 Å². The third kappa shape index (κ3) is 1.92. The SMILES string of the molecule is Cc1cccc(C)c1C(C)(C)CO. The lowest BCUT2D eigenvalue weighted by Crippen LogP contribution is -2.24. The summed E-state index contributed by atoms with van der Waals surface area (Å²) >= 11 is 0. The topological polar surface area (TPSA) is 20.2 Å². The van der Waals surface area contributed by atoms with Crippen LogP contribution in [-0.2, 0) is 5.41 Å². The molecule has 0 fully saturated rings. The van der Waals surface area contributed by atoms with Crippen molar-refractivity contribution in [2.45, 2.75) is 33.1 Å². The van der Waals surface area contributed by atoms with E-state index in [1.807, 2.05) is 0 Å². The minimum Gasteiger partial charge on any atom is -0.395 e. The van der Waals surface area contributed by atoms with Crippen LogP contribution in [-0.4, -0.2) is 11.7 Å². The van der Waals surface area contributed by atoms with Gasteiger partial charge in [0, 0.05) is 5.41 Å². The summed E-state index contributed by atoms with van der Waals surface area (Å²) in [6.07, 6.45) is 0. The van der Waals surface area contributed by atoms with E-state index in [0.29, 0.717) is 0 Å². The largest absolute Gasteiger partial charge is 0.395 e. The molecule has 0 radical (unpaired) electrons. The minimum atomic E-state index is -0.130. The van der Waals surface area contributed by atoms with Crippen LogP contribution >= 0.6 is 0 Å². The van der Waals surface area contributed by atoms with E-state index < -0.39 is 0 Å². The number of hydrogen-bond acceptors (Lipinski definition) is 1. The zero-order valence-electron chi connectivity index (χ0n) is 8.89. The van der Waals surface area contributed by atoms with Crippen molar-refractivity contribution in [1.82, 2.24) is 0 Å². The molecule has 0 aliphatic rings. The molecule has 0 spiro atoms. The van der Waals surface area contributed by atoms with E-state index in [0.717, 1.165) is 0 Å². The first-order valence-electron chi connectivity index (χ1n) is 4.66. The molecule has 0 heterocycles. The maximum Gasteiger partial charge on any atom is 0.0522 e. The summed E-state index contributed by atoms with van der Waals surface area (Å²) in [6.45, 7) is 8.53. The van der Waals surface area contributed by atoms with Gasteiger partial charge in [-0.25, -0.2) is 0 Å². The van der Waals surface area contributed by atoms with Crippen LogP contribution in [0.25, 0.3) is 0 Å². The fourth-order valence-corrected chi connectivity index (χ4v) is 1.96. The first kappa shape index (κ1) is 10.3. The highest BCUT2D eigenvalue weighted by Crippen LogP contribution is 2.28. The Hall–Kier alpha value is -0.820. The van der Waals surface area contributed by atoms with E-state index in [2.05, 4.69) is 45.9 Å². The van der Waals surface area contributed by atoms with Gasteiger partial charge in [-0.05, 0) is 30.5 Å². The summed E-state index contributed by atoms with van der Waals surface area (Å²) in [4.78, 5) is 0. The molecule has 0 atom stereocenters. The van der Waals surface area contributed by atoms with E-state index in [-0.39, 0.29) is 12.0 Å². The van der Waals surface area contributed by atoms with E-state index >= 15 is 0 Å². The molecule has 1 rings (SSSR count). The summed E-state index contributed by atoms with van der Waals surface area (Å²) < 4.78 is 0. The summed E-state index contributed by atoms with van der Waals surface area (Å²) in [5, 5.41) is 9.30. The van der Waals surface area contributed by atoms with Crippen LogP contribution in [0.15, 0.2) is 18.2 Å². The molecule has 0 amide bonds. The smallest absolute Gasteiger partial charge is 0.0522 e. The van der Waals surface area contributed by atoms with Crippen molar-refractivity contribution in [3.63, 3.8) is 0 Å².